The number of fused-ring (bicyclic) bond motifs is 1. The van der Waals surface area contributed by atoms with Crippen molar-refractivity contribution < 1.29 is 9.59 Å². The van der Waals surface area contributed by atoms with Crippen LogP contribution in [0.25, 0.3) is 10.8 Å². The number of nitrogens with zero attached hydrogens (tertiary/aromatic N) is 1. The maximum atomic E-state index is 11.9. The van der Waals surface area contributed by atoms with E-state index in [-0.39, 0.29) is 11.8 Å². The molecule has 0 N–H and O–H groups in total. The lowest BCUT2D eigenvalue weighted by atomic mass is 10.0. The summed E-state index contributed by atoms with van der Waals surface area (Å²) in [5.74, 6) is -0.582. The van der Waals surface area contributed by atoms with Crippen molar-refractivity contribution in [2.75, 3.05) is 4.90 Å². The Kier molecular flexibility index (Phi) is 2.75. The number of hydrogen-bond donors (Lipinski definition) is 0. The average Bonchev–Trinajstić information content (AvgIpc) is 2.70. The number of aryl methyl sites for hydroxylation is 1. The van der Waals surface area contributed by atoms with Gasteiger partial charge >= 0.3 is 0 Å². The van der Waals surface area contributed by atoms with Crippen molar-refractivity contribution >= 4 is 44.2 Å². The third-order valence-electron chi connectivity index (χ3n) is 3.21. The summed E-state index contributed by atoms with van der Waals surface area (Å²) in [5.41, 5.74) is 1.56. The molecular formula is C15H10BrNO2. The fourth-order valence-electron chi connectivity index (χ4n) is 2.33. The van der Waals surface area contributed by atoms with Crippen LogP contribution in [0.15, 0.2) is 47.0 Å². The predicted molar refractivity (Wildman–Crippen MR) is 78.0 cm³/mol. The van der Waals surface area contributed by atoms with Gasteiger partial charge in [0, 0.05) is 22.0 Å². The summed E-state index contributed by atoms with van der Waals surface area (Å²) in [6.07, 6.45) is 2.61. The molecule has 94 valence electrons. The Balaban J connectivity index is 2.34. The Morgan fingerprint density at radius 1 is 0.947 bits per heavy atom. The molecule has 0 fully saturated rings. The first kappa shape index (κ1) is 12.1. The zero-order valence-electron chi connectivity index (χ0n) is 10.2. The van der Waals surface area contributed by atoms with Gasteiger partial charge < -0.3 is 0 Å². The monoisotopic (exact) mass is 315 g/mol. The lowest BCUT2D eigenvalue weighted by Crippen LogP contribution is -2.30. The van der Waals surface area contributed by atoms with Crippen molar-refractivity contribution in [1.29, 1.82) is 0 Å². The van der Waals surface area contributed by atoms with Gasteiger partial charge in [-0.2, -0.15) is 0 Å². The van der Waals surface area contributed by atoms with Gasteiger partial charge in [0.1, 0.15) is 0 Å². The first-order valence-electron chi connectivity index (χ1n) is 5.83. The van der Waals surface area contributed by atoms with Gasteiger partial charge in [-0.1, -0.05) is 40.2 Å². The van der Waals surface area contributed by atoms with Gasteiger partial charge in [0.2, 0.25) is 0 Å². The molecule has 3 rings (SSSR count). The number of carbonyl (C=O) groups excluding carboxylic acids is 2. The second kappa shape index (κ2) is 4.31. The minimum absolute atomic E-state index is 0.291. The van der Waals surface area contributed by atoms with Crippen LogP contribution in [0.5, 0.6) is 0 Å². The van der Waals surface area contributed by atoms with Crippen molar-refractivity contribution in [1.82, 2.24) is 0 Å². The molecule has 19 heavy (non-hydrogen) atoms. The fourth-order valence-corrected chi connectivity index (χ4v) is 2.83. The molecule has 2 amide bonds. The van der Waals surface area contributed by atoms with E-state index >= 15 is 0 Å². The smallest absolute Gasteiger partial charge is 0.258 e. The van der Waals surface area contributed by atoms with Crippen LogP contribution in [0.2, 0.25) is 0 Å². The molecule has 3 nitrogen and oxygen atoms in total. The highest BCUT2D eigenvalue weighted by molar-refractivity contribution is 9.10. The molecule has 0 aromatic heterocycles. The molecule has 0 spiro atoms. The Labute approximate surface area is 118 Å². The summed E-state index contributed by atoms with van der Waals surface area (Å²) in [6.45, 7) is 1.90. The van der Waals surface area contributed by atoms with E-state index in [9.17, 15) is 9.59 Å². The topological polar surface area (TPSA) is 37.4 Å². The van der Waals surface area contributed by atoms with E-state index in [0.717, 1.165) is 20.8 Å². The lowest BCUT2D eigenvalue weighted by molar-refractivity contribution is -0.119. The van der Waals surface area contributed by atoms with Gasteiger partial charge in [-0.3, -0.25) is 9.59 Å². The molecule has 2 aromatic rings. The lowest BCUT2D eigenvalue weighted by Gasteiger charge is -2.19. The van der Waals surface area contributed by atoms with Crippen molar-refractivity contribution in [3.63, 3.8) is 0 Å². The Morgan fingerprint density at radius 2 is 1.63 bits per heavy atom. The van der Waals surface area contributed by atoms with Gasteiger partial charge in [-0.15, -0.1) is 0 Å². The summed E-state index contributed by atoms with van der Waals surface area (Å²) in [7, 11) is 0. The molecule has 0 saturated carbocycles. The minimum atomic E-state index is -0.291. The molecule has 0 atom stereocenters. The van der Waals surface area contributed by atoms with E-state index in [1.165, 1.54) is 17.1 Å². The number of amides is 2. The molecule has 1 aliphatic heterocycles. The van der Waals surface area contributed by atoms with Crippen LogP contribution in [0.4, 0.5) is 5.69 Å². The number of carbonyl (C=O) groups is 2. The standard InChI is InChI=1S/C15H10BrNO2/c1-9-5-6-10-11(3-2-4-12(10)16)15(9)17-13(18)7-8-14(17)19/h2-8H,1H3. The Bertz CT molecular complexity index is 731. The van der Waals surface area contributed by atoms with Gasteiger partial charge in [0.15, 0.2) is 0 Å². The van der Waals surface area contributed by atoms with Crippen LogP contribution >= 0.6 is 15.9 Å². The molecule has 0 saturated heterocycles. The highest BCUT2D eigenvalue weighted by atomic mass is 79.9. The fraction of sp³-hybridized carbons (Fsp3) is 0.0667. The van der Waals surface area contributed by atoms with E-state index in [1.807, 2.05) is 37.3 Å². The molecule has 0 aliphatic carbocycles. The molecule has 0 unspecified atom stereocenters. The first-order valence-corrected chi connectivity index (χ1v) is 6.63. The quantitative estimate of drug-likeness (QED) is 0.757. The van der Waals surface area contributed by atoms with Gasteiger partial charge in [-0.25, -0.2) is 4.90 Å². The number of halogens is 1. The van der Waals surface area contributed by atoms with Crippen molar-refractivity contribution in [3.05, 3.63) is 52.5 Å². The molecular weight excluding hydrogens is 306 g/mol. The number of hydrogen-bond acceptors (Lipinski definition) is 2. The third kappa shape index (κ3) is 1.79. The molecule has 4 heteroatoms. The van der Waals surface area contributed by atoms with Gasteiger partial charge in [0.05, 0.1) is 5.69 Å². The summed E-state index contributed by atoms with van der Waals surface area (Å²) in [4.78, 5) is 25.0. The SMILES string of the molecule is Cc1ccc2c(Br)cccc2c1N1C(=O)C=CC1=O. The van der Waals surface area contributed by atoms with Crippen LogP contribution in [0, 0.1) is 6.92 Å². The van der Waals surface area contributed by atoms with Crippen LogP contribution in [0.3, 0.4) is 0 Å². The number of imide groups is 1. The first-order chi connectivity index (χ1) is 9.09. The molecule has 0 radical (unpaired) electrons. The Morgan fingerprint density at radius 3 is 2.32 bits per heavy atom. The van der Waals surface area contributed by atoms with E-state index < -0.39 is 0 Å². The molecule has 2 aromatic carbocycles. The zero-order chi connectivity index (χ0) is 13.6. The van der Waals surface area contributed by atoms with Gasteiger partial charge in [0.25, 0.3) is 11.8 Å². The molecule has 0 bridgehead atoms. The highest BCUT2D eigenvalue weighted by Crippen LogP contribution is 2.35. The van der Waals surface area contributed by atoms with E-state index in [0.29, 0.717) is 5.69 Å². The Hall–Kier alpha value is -1.94. The third-order valence-corrected chi connectivity index (χ3v) is 3.91. The maximum Gasteiger partial charge on any atom is 0.258 e. The van der Waals surface area contributed by atoms with Crippen LogP contribution in [0.1, 0.15) is 5.56 Å². The summed E-state index contributed by atoms with van der Waals surface area (Å²) >= 11 is 3.49. The second-order valence-electron chi connectivity index (χ2n) is 4.41. The van der Waals surface area contributed by atoms with E-state index in [2.05, 4.69) is 15.9 Å². The van der Waals surface area contributed by atoms with Crippen molar-refractivity contribution in [3.8, 4) is 0 Å². The predicted octanol–water partition coefficient (Wildman–Crippen LogP) is 3.34. The zero-order valence-corrected chi connectivity index (χ0v) is 11.8. The van der Waals surface area contributed by atoms with E-state index in [1.54, 1.807) is 0 Å². The normalized spacial score (nSPS) is 14.7. The molecule has 1 heterocycles. The van der Waals surface area contributed by atoms with Crippen molar-refractivity contribution in [2.24, 2.45) is 0 Å². The van der Waals surface area contributed by atoms with Gasteiger partial charge in [-0.05, 0) is 23.9 Å². The van der Waals surface area contributed by atoms with E-state index in [4.69, 9.17) is 0 Å². The van der Waals surface area contributed by atoms with Crippen LogP contribution in [-0.4, -0.2) is 11.8 Å². The minimum Gasteiger partial charge on any atom is -0.269 e. The summed E-state index contributed by atoms with van der Waals surface area (Å²) < 4.78 is 0.943. The summed E-state index contributed by atoms with van der Waals surface area (Å²) in [6, 6.07) is 9.65. The van der Waals surface area contributed by atoms with Crippen LogP contribution < -0.4 is 4.90 Å². The number of benzene rings is 2. The summed E-state index contributed by atoms with van der Waals surface area (Å²) in [5, 5.41) is 1.87. The number of rotatable bonds is 1. The number of anilines is 1. The molecule has 1 aliphatic rings. The van der Waals surface area contributed by atoms with Crippen LogP contribution in [-0.2, 0) is 9.59 Å². The second-order valence-corrected chi connectivity index (χ2v) is 5.27. The largest absolute Gasteiger partial charge is 0.269 e. The van der Waals surface area contributed by atoms with Crippen molar-refractivity contribution in [2.45, 2.75) is 6.92 Å². The average molecular weight is 316 g/mol. The highest BCUT2D eigenvalue weighted by Gasteiger charge is 2.28. The maximum absolute atomic E-state index is 11.9.